The van der Waals surface area contributed by atoms with E-state index in [1.54, 1.807) is 20.8 Å². The topological polar surface area (TPSA) is 67.4 Å². The Morgan fingerprint density at radius 3 is 2.09 bits per heavy atom. The number of rotatable bonds is 3. The van der Waals surface area contributed by atoms with Crippen molar-refractivity contribution in [1.82, 2.24) is 10.6 Å². The van der Waals surface area contributed by atoms with Crippen LogP contribution >= 0.6 is 0 Å². The Labute approximate surface area is 128 Å². The molecule has 5 nitrogen and oxygen atoms in total. The molecule has 0 unspecified atom stereocenters. The number of ether oxygens (including phenoxy) is 1. The molecular formula is C14H23F3N2O3. The van der Waals surface area contributed by atoms with Crippen LogP contribution in [0.1, 0.15) is 46.5 Å². The van der Waals surface area contributed by atoms with Gasteiger partial charge in [0.25, 0.3) is 0 Å². The second-order valence-corrected chi connectivity index (χ2v) is 6.57. The molecule has 0 aromatic heterocycles. The first-order chi connectivity index (χ1) is 9.97. The molecule has 0 saturated heterocycles. The first kappa shape index (κ1) is 18.6. The average molecular weight is 324 g/mol. The number of amides is 2. The maximum atomic E-state index is 12.1. The van der Waals surface area contributed by atoms with Gasteiger partial charge in [0, 0.05) is 12.6 Å². The van der Waals surface area contributed by atoms with Crippen molar-refractivity contribution in [3.63, 3.8) is 0 Å². The number of carbonyl (C=O) groups excluding carboxylic acids is 2. The zero-order chi connectivity index (χ0) is 17.0. The minimum absolute atomic E-state index is 0.00277. The van der Waals surface area contributed by atoms with E-state index in [4.69, 9.17) is 4.74 Å². The lowest BCUT2D eigenvalue weighted by Crippen LogP contribution is -2.43. The first-order valence-corrected chi connectivity index (χ1v) is 7.32. The van der Waals surface area contributed by atoms with Crippen molar-refractivity contribution in [1.29, 1.82) is 0 Å². The van der Waals surface area contributed by atoms with Crippen molar-refractivity contribution in [3.8, 4) is 0 Å². The van der Waals surface area contributed by atoms with Gasteiger partial charge < -0.3 is 15.4 Å². The average Bonchev–Trinajstić information content (AvgIpc) is 2.34. The van der Waals surface area contributed by atoms with Crippen LogP contribution < -0.4 is 10.6 Å². The normalized spacial score (nSPS) is 22.8. The minimum Gasteiger partial charge on any atom is -0.444 e. The number of carbonyl (C=O) groups is 2. The van der Waals surface area contributed by atoms with E-state index in [-0.39, 0.29) is 18.5 Å². The summed E-state index contributed by atoms with van der Waals surface area (Å²) >= 11 is 0. The van der Waals surface area contributed by atoms with E-state index < -0.39 is 23.8 Å². The Kier molecular flexibility index (Phi) is 6.08. The van der Waals surface area contributed by atoms with Crippen LogP contribution in [0.2, 0.25) is 0 Å². The van der Waals surface area contributed by atoms with Crippen LogP contribution in [0.3, 0.4) is 0 Å². The van der Waals surface area contributed by atoms with Gasteiger partial charge in [0.1, 0.15) is 5.60 Å². The van der Waals surface area contributed by atoms with Crippen molar-refractivity contribution in [3.05, 3.63) is 0 Å². The lowest BCUT2D eigenvalue weighted by Gasteiger charge is -2.30. The molecule has 1 rings (SSSR count). The molecule has 2 N–H and O–H groups in total. The molecule has 0 bridgehead atoms. The monoisotopic (exact) mass is 324 g/mol. The van der Waals surface area contributed by atoms with Crippen LogP contribution in [-0.2, 0) is 9.53 Å². The fraction of sp³-hybridized carbons (Fsp3) is 0.857. The van der Waals surface area contributed by atoms with Crippen LogP contribution in [-0.4, -0.2) is 36.4 Å². The van der Waals surface area contributed by atoms with Crippen LogP contribution in [0.25, 0.3) is 0 Å². The molecule has 1 aliphatic rings. The van der Waals surface area contributed by atoms with Crippen LogP contribution in [0.4, 0.5) is 18.0 Å². The van der Waals surface area contributed by atoms with E-state index in [1.165, 1.54) is 0 Å². The molecule has 0 spiro atoms. The third-order valence-electron chi connectivity index (χ3n) is 3.38. The molecule has 0 aromatic carbocycles. The van der Waals surface area contributed by atoms with Gasteiger partial charge in [-0.3, -0.25) is 4.79 Å². The van der Waals surface area contributed by atoms with Gasteiger partial charge in [0.2, 0.25) is 0 Å². The van der Waals surface area contributed by atoms with Crippen molar-refractivity contribution in [2.75, 3.05) is 6.54 Å². The van der Waals surface area contributed by atoms with Gasteiger partial charge >= 0.3 is 18.2 Å². The number of hydrogen-bond donors (Lipinski definition) is 2. The summed E-state index contributed by atoms with van der Waals surface area (Å²) in [6, 6.07) is -0.0376. The van der Waals surface area contributed by atoms with Gasteiger partial charge in [-0.2, -0.15) is 13.2 Å². The fourth-order valence-electron chi connectivity index (χ4n) is 2.32. The predicted molar refractivity (Wildman–Crippen MR) is 74.2 cm³/mol. The molecule has 1 fully saturated rings. The van der Waals surface area contributed by atoms with Crippen molar-refractivity contribution in [2.24, 2.45) is 5.92 Å². The van der Waals surface area contributed by atoms with Gasteiger partial charge in [-0.15, -0.1) is 0 Å². The number of hydrogen-bond acceptors (Lipinski definition) is 3. The lowest BCUT2D eigenvalue weighted by molar-refractivity contribution is -0.173. The predicted octanol–water partition coefficient (Wildman–Crippen LogP) is 2.75. The van der Waals surface area contributed by atoms with Crippen molar-refractivity contribution in [2.45, 2.75) is 64.3 Å². The van der Waals surface area contributed by atoms with E-state index in [0.717, 1.165) is 0 Å². The molecule has 0 aromatic rings. The summed E-state index contributed by atoms with van der Waals surface area (Å²) in [5.74, 6) is -1.90. The molecule has 0 aliphatic heterocycles. The van der Waals surface area contributed by atoms with E-state index in [1.807, 2.05) is 5.32 Å². The van der Waals surface area contributed by atoms with Crippen LogP contribution in [0, 0.1) is 5.92 Å². The smallest absolute Gasteiger partial charge is 0.444 e. The standard InChI is InChI=1S/C14H23F3N2O3/c1-13(2,3)22-12(21)19-10-6-4-9(5-7-10)8-18-11(20)14(15,16)17/h9-10H,4-8H2,1-3H3,(H,18,20)(H,19,21). The number of alkyl carbamates (subject to hydrolysis) is 1. The Hall–Kier alpha value is -1.47. The van der Waals surface area contributed by atoms with Gasteiger partial charge in [-0.05, 0) is 52.4 Å². The van der Waals surface area contributed by atoms with E-state index >= 15 is 0 Å². The summed E-state index contributed by atoms with van der Waals surface area (Å²) in [6.45, 7) is 5.32. The molecule has 1 saturated carbocycles. The molecule has 0 radical (unpaired) electrons. The third-order valence-corrected chi connectivity index (χ3v) is 3.38. The molecule has 128 valence electrons. The zero-order valence-corrected chi connectivity index (χ0v) is 13.0. The first-order valence-electron chi connectivity index (χ1n) is 7.32. The Morgan fingerprint density at radius 2 is 1.64 bits per heavy atom. The Bertz CT molecular complexity index is 397. The summed E-state index contributed by atoms with van der Waals surface area (Å²) in [5.41, 5.74) is -0.566. The highest BCUT2D eigenvalue weighted by atomic mass is 19.4. The van der Waals surface area contributed by atoms with Gasteiger partial charge in [0.15, 0.2) is 0 Å². The Morgan fingerprint density at radius 1 is 1.09 bits per heavy atom. The van der Waals surface area contributed by atoms with Crippen LogP contribution in [0.5, 0.6) is 0 Å². The van der Waals surface area contributed by atoms with Gasteiger partial charge in [-0.25, -0.2) is 4.79 Å². The molecule has 0 atom stereocenters. The maximum absolute atomic E-state index is 12.1. The molecule has 22 heavy (non-hydrogen) atoms. The summed E-state index contributed by atoms with van der Waals surface area (Å²) in [7, 11) is 0. The molecule has 1 aliphatic carbocycles. The van der Waals surface area contributed by atoms with Crippen molar-refractivity contribution >= 4 is 12.0 Å². The number of nitrogens with one attached hydrogen (secondary N) is 2. The third kappa shape index (κ3) is 7.00. The maximum Gasteiger partial charge on any atom is 0.471 e. The molecular weight excluding hydrogens is 301 g/mol. The lowest BCUT2D eigenvalue weighted by atomic mass is 9.86. The second-order valence-electron chi connectivity index (χ2n) is 6.57. The SMILES string of the molecule is CC(C)(C)OC(=O)NC1CCC(CNC(=O)C(F)(F)F)CC1. The zero-order valence-electron chi connectivity index (χ0n) is 13.0. The highest BCUT2D eigenvalue weighted by Gasteiger charge is 2.38. The molecule has 0 heterocycles. The fourth-order valence-corrected chi connectivity index (χ4v) is 2.32. The molecule has 8 heteroatoms. The van der Waals surface area contributed by atoms with Crippen LogP contribution in [0.15, 0.2) is 0 Å². The van der Waals surface area contributed by atoms with Gasteiger partial charge in [-0.1, -0.05) is 0 Å². The number of alkyl halides is 3. The molecule has 2 amide bonds. The quantitative estimate of drug-likeness (QED) is 0.839. The second kappa shape index (κ2) is 7.19. The summed E-state index contributed by atoms with van der Waals surface area (Å²) in [5, 5.41) is 4.66. The number of halogens is 3. The van der Waals surface area contributed by atoms with Crippen molar-refractivity contribution < 1.29 is 27.5 Å². The summed E-state index contributed by atoms with van der Waals surface area (Å²) < 4.78 is 41.4. The van der Waals surface area contributed by atoms with E-state index in [0.29, 0.717) is 25.7 Å². The largest absolute Gasteiger partial charge is 0.471 e. The minimum atomic E-state index is -4.84. The summed E-state index contributed by atoms with van der Waals surface area (Å²) in [4.78, 5) is 22.4. The van der Waals surface area contributed by atoms with Gasteiger partial charge in [0.05, 0.1) is 0 Å². The van der Waals surface area contributed by atoms with E-state index in [2.05, 4.69) is 5.32 Å². The van der Waals surface area contributed by atoms with E-state index in [9.17, 15) is 22.8 Å². The summed E-state index contributed by atoms with van der Waals surface area (Å²) in [6.07, 6.45) is -2.70. The highest BCUT2D eigenvalue weighted by molar-refractivity contribution is 5.81. The highest BCUT2D eigenvalue weighted by Crippen LogP contribution is 2.24. The Balaban J connectivity index is 2.26.